The number of benzene rings is 8. The molecule has 78 heavy (non-hydrogen) atoms. The summed E-state index contributed by atoms with van der Waals surface area (Å²) in [7, 11) is 0. The van der Waals surface area contributed by atoms with Crippen LogP contribution in [0.4, 0.5) is 51.4 Å². The molecule has 0 radical (unpaired) electrons. The Morgan fingerprint density at radius 2 is 0.897 bits per heavy atom. The van der Waals surface area contributed by atoms with Crippen LogP contribution in [0.2, 0.25) is 0 Å². The van der Waals surface area contributed by atoms with Gasteiger partial charge in [0.25, 0.3) is 13.4 Å². The average Bonchev–Trinajstić information content (AvgIpc) is 3.63. The number of aromatic nitrogens is 2. The Balaban J connectivity index is 1.06. The second kappa shape index (κ2) is 16.9. The van der Waals surface area contributed by atoms with E-state index in [9.17, 15) is 0 Å². The number of pyridine rings is 2. The molecule has 10 aromatic rings. The molecule has 0 unspecified atom stereocenters. The van der Waals surface area contributed by atoms with Crippen LogP contribution in [0.3, 0.4) is 0 Å². The predicted octanol–water partition coefficient (Wildman–Crippen LogP) is 13.9. The maximum atomic E-state index is 7.10. The molecule has 0 saturated heterocycles. The molecule has 15 rings (SSSR count). The van der Waals surface area contributed by atoms with Crippen LogP contribution >= 0.6 is 0 Å². The second-order valence-electron chi connectivity index (χ2n) is 23.7. The standard InChI is InChI=1S/C70H59B2N5O/c1-42-21-19-22-43(2)63(42)55-39-60-65-67(73-55)76(46-25-11-9-12-26-46)58-41-59-54(38-53(58)71(65)51-29-15-17-31-57(51)75(60)48-33-34-49-50(37-48)70(7,8)36-35-69(49,5)6)72-52-30-16-18-32-61(52)78-62-40-56(64-44(3)23-20-24-45(64)4)74-68(66(62)72)77(59)47-27-13-10-14-28-47/h9-34,37-41H,35-36H2,1-8H3. The zero-order valence-corrected chi connectivity index (χ0v) is 45.6. The van der Waals surface area contributed by atoms with Crippen LogP contribution in [-0.4, -0.2) is 23.4 Å². The molecule has 0 saturated carbocycles. The molecule has 8 aromatic carbocycles. The molecule has 0 amide bonds. The second-order valence-corrected chi connectivity index (χ2v) is 23.7. The zero-order valence-electron chi connectivity index (χ0n) is 45.6. The normalized spacial score (nSPS) is 15.5. The first-order chi connectivity index (χ1) is 37.8. The van der Waals surface area contributed by atoms with E-state index in [4.69, 9.17) is 14.7 Å². The molecule has 2 aromatic heterocycles. The summed E-state index contributed by atoms with van der Waals surface area (Å²) in [6.07, 6.45) is 2.30. The van der Waals surface area contributed by atoms with E-state index < -0.39 is 0 Å². The van der Waals surface area contributed by atoms with Crippen molar-refractivity contribution in [2.45, 2.75) is 79.1 Å². The van der Waals surface area contributed by atoms with Crippen molar-refractivity contribution in [3.63, 3.8) is 0 Å². The molecular formula is C70H59B2N5O. The van der Waals surface area contributed by atoms with Crippen molar-refractivity contribution in [2.24, 2.45) is 0 Å². The Labute approximate surface area is 459 Å². The summed E-state index contributed by atoms with van der Waals surface area (Å²) in [6, 6.07) is 69.6. The molecule has 0 bridgehead atoms. The monoisotopic (exact) mass is 1010 g/mol. The maximum Gasteiger partial charge on any atom is 0.258 e. The highest BCUT2D eigenvalue weighted by atomic mass is 16.5. The number of hydrogen-bond acceptors (Lipinski definition) is 6. The lowest BCUT2D eigenvalue weighted by Gasteiger charge is -2.46. The number of anilines is 9. The van der Waals surface area contributed by atoms with Crippen LogP contribution in [0.1, 0.15) is 73.9 Å². The number of ether oxygens (including phenoxy) is 1. The number of rotatable bonds is 5. The van der Waals surface area contributed by atoms with Crippen LogP contribution in [0.25, 0.3) is 22.5 Å². The van der Waals surface area contributed by atoms with Crippen LogP contribution in [0, 0.1) is 27.7 Å². The van der Waals surface area contributed by atoms with Gasteiger partial charge in [0.15, 0.2) is 0 Å². The fraction of sp³-hybridized carbons (Fsp3) is 0.171. The van der Waals surface area contributed by atoms with Crippen molar-refractivity contribution in [3.8, 4) is 34.0 Å². The van der Waals surface area contributed by atoms with Crippen molar-refractivity contribution in [2.75, 3.05) is 14.7 Å². The summed E-state index contributed by atoms with van der Waals surface area (Å²) in [4.78, 5) is 19.2. The molecule has 6 nitrogen and oxygen atoms in total. The van der Waals surface area contributed by atoms with Crippen LogP contribution in [0.5, 0.6) is 11.5 Å². The van der Waals surface area contributed by atoms with E-state index in [2.05, 4.69) is 258 Å². The van der Waals surface area contributed by atoms with Gasteiger partial charge in [0, 0.05) is 62.5 Å². The highest BCUT2D eigenvalue weighted by molar-refractivity contribution is 7.02. The molecule has 5 aliphatic rings. The number of para-hydroxylation sites is 4. The van der Waals surface area contributed by atoms with Gasteiger partial charge in [-0.2, -0.15) is 0 Å². The van der Waals surface area contributed by atoms with Gasteiger partial charge in [-0.1, -0.05) is 149 Å². The number of aryl methyl sites for hydroxylation is 4. The van der Waals surface area contributed by atoms with E-state index in [1.165, 1.54) is 66.6 Å². The van der Waals surface area contributed by atoms with Crippen molar-refractivity contribution in [1.29, 1.82) is 0 Å². The van der Waals surface area contributed by atoms with E-state index >= 15 is 0 Å². The van der Waals surface area contributed by atoms with Gasteiger partial charge in [0.2, 0.25) is 0 Å². The molecule has 0 spiro atoms. The Hall–Kier alpha value is -8.61. The number of hydrogen-bond donors (Lipinski definition) is 0. The highest BCUT2D eigenvalue weighted by Crippen LogP contribution is 2.51. The van der Waals surface area contributed by atoms with Gasteiger partial charge in [-0.25, -0.2) is 9.97 Å². The lowest BCUT2D eigenvalue weighted by Crippen LogP contribution is -2.65. The largest absolute Gasteiger partial charge is 0.458 e. The van der Waals surface area contributed by atoms with E-state index in [1.807, 2.05) is 0 Å². The summed E-state index contributed by atoms with van der Waals surface area (Å²) in [5.41, 5.74) is 26.7. The van der Waals surface area contributed by atoms with E-state index in [0.29, 0.717) is 0 Å². The molecule has 8 heteroatoms. The lowest BCUT2D eigenvalue weighted by atomic mass is 9.30. The van der Waals surface area contributed by atoms with Gasteiger partial charge < -0.3 is 9.64 Å². The molecule has 0 atom stereocenters. The summed E-state index contributed by atoms with van der Waals surface area (Å²) < 4.78 is 7.10. The van der Waals surface area contributed by atoms with Crippen LogP contribution in [0.15, 0.2) is 188 Å². The van der Waals surface area contributed by atoms with Crippen molar-refractivity contribution >= 4 is 97.6 Å². The van der Waals surface area contributed by atoms with Gasteiger partial charge in [-0.3, -0.25) is 9.80 Å². The van der Waals surface area contributed by atoms with Gasteiger partial charge in [0.05, 0.1) is 11.4 Å². The first-order valence-electron chi connectivity index (χ1n) is 27.8. The summed E-state index contributed by atoms with van der Waals surface area (Å²) in [6.45, 7) is 18.2. The fourth-order valence-corrected chi connectivity index (χ4v) is 14.2. The average molecular weight is 1010 g/mol. The number of fused-ring (bicyclic) bond motifs is 9. The third-order valence-electron chi connectivity index (χ3n) is 18.1. The van der Waals surface area contributed by atoms with E-state index in [-0.39, 0.29) is 24.3 Å². The lowest BCUT2D eigenvalue weighted by molar-refractivity contribution is 0.332. The Morgan fingerprint density at radius 1 is 0.385 bits per heavy atom. The van der Waals surface area contributed by atoms with Crippen LogP contribution in [-0.2, 0) is 10.8 Å². The fourth-order valence-electron chi connectivity index (χ4n) is 14.2. The first kappa shape index (κ1) is 46.7. The van der Waals surface area contributed by atoms with E-state index in [1.54, 1.807) is 0 Å². The number of nitrogens with zero attached hydrogens (tertiary/aromatic N) is 5. The molecular weight excluding hydrogens is 948 g/mol. The minimum Gasteiger partial charge on any atom is -0.458 e. The minimum atomic E-state index is -0.172. The predicted molar refractivity (Wildman–Crippen MR) is 327 cm³/mol. The molecule has 0 fully saturated rings. The quantitative estimate of drug-likeness (QED) is 0.160. The molecule has 6 heterocycles. The third-order valence-corrected chi connectivity index (χ3v) is 18.1. The summed E-state index contributed by atoms with van der Waals surface area (Å²) in [5, 5.41) is 0. The minimum absolute atomic E-state index is 0.0212. The smallest absolute Gasteiger partial charge is 0.258 e. The maximum absolute atomic E-state index is 7.10. The Bertz CT molecular complexity index is 4130. The third kappa shape index (κ3) is 6.77. The molecule has 0 N–H and O–H groups in total. The molecule has 1 aliphatic carbocycles. The van der Waals surface area contributed by atoms with Gasteiger partial charge in [0.1, 0.15) is 23.1 Å². The van der Waals surface area contributed by atoms with Gasteiger partial charge in [-0.15, -0.1) is 0 Å². The van der Waals surface area contributed by atoms with E-state index in [0.717, 1.165) is 97.9 Å². The van der Waals surface area contributed by atoms with Crippen molar-refractivity contribution < 1.29 is 4.74 Å². The molecule has 4 aliphatic heterocycles. The van der Waals surface area contributed by atoms with Crippen molar-refractivity contribution in [1.82, 2.24) is 9.97 Å². The Morgan fingerprint density at radius 3 is 1.51 bits per heavy atom. The highest BCUT2D eigenvalue weighted by Gasteiger charge is 2.49. The first-order valence-corrected chi connectivity index (χ1v) is 27.8. The molecule has 376 valence electrons. The summed E-state index contributed by atoms with van der Waals surface area (Å²) >= 11 is 0. The Kier molecular flexibility index (Phi) is 10.1. The zero-order chi connectivity index (χ0) is 52.9. The SMILES string of the molecule is Cc1cccc(C)c1-c1cc2c3c(n1)N(c1ccccc1)c1cc4c(cc1B3c1ccccc1O2)B1c2ccccc2N(c2ccc3c(c2)C(C)(C)CCC3(C)C)c2cc(-c3c(C)cccc3C)nc(c21)N4c1ccccc1. The summed E-state index contributed by atoms with van der Waals surface area (Å²) in [5.74, 6) is 3.51. The van der Waals surface area contributed by atoms with Gasteiger partial charge in [-0.05, 0) is 173 Å². The van der Waals surface area contributed by atoms with Crippen LogP contribution < -0.4 is 52.2 Å². The van der Waals surface area contributed by atoms with Crippen molar-refractivity contribution in [3.05, 3.63) is 221 Å². The van der Waals surface area contributed by atoms with Gasteiger partial charge >= 0.3 is 0 Å². The topological polar surface area (TPSA) is 44.7 Å².